The van der Waals surface area contributed by atoms with Crippen LogP contribution in [0.2, 0.25) is 0 Å². The van der Waals surface area contributed by atoms with Crippen molar-refractivity contribution >= 4 is 17.2 Å². The SMILES string of the molecule is Fc1cc(F)cc(N2Cc3c(F)cccc3N=C2[C@@H]2CCCN2)c1. The van der Waals surface area contributed by atoms with Gasteiger partial charge >= 0.3 is 0 Å². The molecule has 2 aliphatic heterocycles. The maximum Gasteiger partial charge on any atom is 0.130 e. The van der Waals surface area contributed by atoms with E-state index in [4.69, 9.17) is 0 Å². The Morgan fingerprint density at radius 2 is 1.88 bits per heavy atom. The molecule has 0 spiro atoms. The molecule has 0 amide bonds. The van der Waals surface area contributed by atoms with Gasteiger partial charge in [0, 0.05) is 17.3 Å². The molecule has 2 aromatic carbocycles. The van der Waals surface area contributed by atoms with Crippen LogP contribution in [-0.4, -0.2) is 18.4 Å². The molecule has 2 aromatic rings. The topological polar surface area (TPSA) is 27.6 Å². The van der Waals surface area contributed by atoms with Gasteiger partial charge in [-0.3, -0.25) is 0 Å². The van der Waals surface area contributed by atoms with E-state index in [0.29, 0.717) is 22.8 Å². The molecule has 1 N–H and O–H groups in total. The third-order valence-electron chi connectivity index (χ3n) is 4.45. The minimum atomic E-state index is -0.664. The molecule has 3 nitrogen and oxygen atoms in total. The molecule has 1 saturated heterocycles. The lowest BCUT2D eigenvalue weighted by atomic mass is 10.1. The van der Waals surface area contributed by atoms with Crippen molar-refractivity contribution in [2.45, 2.75) is 25.4 Å². The molecule has 0 unspecified atom stereocenters. The Hall–Kier alpha value is -2.34. The zero-order chi connectivity index (χ0) is 16.7. The molecule has 124 valence electrons. The largest absolute Gasteiger partial charge is 0.324 e. The van der Waals surface area contributed by atoms with Gasteiger partial charge in [-0.05, 0) is 43.7 Å². The second-order valence-corrected chi connectivity index (χ2v) is 6.07. The van der Waals surface area contributed by atoms with E-state index in [1.54, 1.807) is 17.0 Å². The van der Waals surface area contributed by atoms with E-state index in [-0.39, 0.29) is 18.4 Å². The van der Waals surface area contributed by atoms with Crippen LogP contribution in [0, 0.1) is 17.5 Å². The van der Waals surface area contributed by atoms with Crippen LogP contribution in [0.1, 0.15) is 18.4 Å². The Kier molecular flexibility index (Phi) is 3.76. The summed E-state index contributed by atoms with van der Waals surface area (Å²) in [4.78, 5) is 6.30. The monoisotopic (exact) mass is 331 g/mol. The first-order valence-corrected chi connectivity index (χ1v) is 7.95. The summed E-state index contributed by atoms with van der Waals surface area (Å²) in [6.07, 6.45) is 1.89. The van der Waals surface area contributed by atoms with Gasteiger partial charge in [0.25, 0.3) is 0 Å². The number of nitrogens with one attached hydrogen (secondary N) is 1. The summed E-state index contributed by atoms with van der Waals surface area (Å²) in [6, 6.07) is 8.07. The van der Waals surface area contributed by atoms with E-state index >= 15 is 0 Å². The van der Waals surface area contributed by atoms with E-state index < -0.39 is 11.6 Å². The third kappa shape index (κ3) is 2.67. The minimum Gasteiger partial charge on any atom is -0.324 e. The zero-order valence-electron chi connectivity index (χ0n) is 12.9. The van der Waals surface area contributed by atoms with E-state index in [1.807, 2.05) is 0 Å². The molecule has 6 heteroatoms. The lowest BCUT2D eigenvalue weighted by Crippen LogP contribution is -2.45. The molecule has 1 fully saturated rings. The maximum atomic E-state index is 14.2. The number of aliphatic imine (C=N–C) groups is 1. The van der Waals surface area contributed by atoms with Gasteiger partial charge in [0.1, 0.15) is 23.3 Å². The van der Waals surface area contributed by atoms with Gasteiger partial charge < -0.3 is 10.2 Å². The number of benzene rings is 2. The molecule has 4 rings (SSSR count). The molecule has 0 bridgehead atoms. The number of anilines is 1. The number of hydrogen-bond acceptors (Lipinski definition) is 3. The Morgan fingerprint density at radius 3 is 2.58 bits per heavy atom. The Labute approximate surface area is 137 Å². The first kappa shape index (κ1) is 15.2. The molecule has 0 aliphatic carbocycles. The number of fused-ring (bicyclic) bond motifs is 1. The highest BCUT2D eigenvalue weighted by molar-refractivity contribution is 6.04. The highest BCUT2D eigenvalue weighted by Gasteiger charge is 2.31. The van der Waals surface area contributed by atoms with E-state index in [0.717, 1.165) is 25.5 Å². The van der Waals surface area contributed by atoms with Crippen molar-refractivity contribution in [3.8, 4) is 0 Å². The smallest absolute Gasteiger partial charge is 0.130 e. The lowest BCUT2D eigenvalue weighted by Gasteiger charge is -2.33. The molecular weight excluding hydrogens is 315 g/mol. The summed E-state index contributed by atoms with van der Waals surface area (Å²) >= 11 is 0. The average molecular weight is 331 g/mol. The molecule has 1 atom stereocenters. The van der Waals surface area contributed by atoms with Gasteiger partial charge in [-0.1, -0.05) is 6.07 Å². The minimum absolute atomic E-state index is 0.00672. The molecule has 2 aliphatic rings. The van der Waals surface area contributed by atoms with Crippen molar-refractivity contribution in [1.82, 2.24) is 5.32 Å². The second kappa shape index (κ2) is 5.94. The van der Waals surface area contributed by atoms with Crippen molar-refractivity contribution in [2.75, 3.05) is 11.4 Å². The average Bonchev–Trinajstić information content (AvgIpc) is 3.07. The molecule has 24 heavy (non-hydrogen) atoms. The summed E-state index contributed by atoms with van der Waals surface area (Å²) in [5.41, 5.74) is 1.35. The maximum absolute atomic E-state index is 14.2. The van der Waals surface area contributed by atoms with Crippen LogP contribution in [0.4, 0.5) is 24.5 Å². The third-order valence-corrected chi connectivity index (χ3v) is 4.45. The summed E-state index contributed by atoms with van der Waals surface area (Å²) in [6.45, 7) is 1.06. The van der Waals surface area contributed by atoms with Crippen molar-refractivity contribution in [2.24, 2.45) is 4.99 Å². The highest BCUT2D eigenvalue weighted by Crippen LogP contribution is 2.33. The summed E-state index contributed by atoms with van der Waals surface area (Å²) in [5.74, 6) is -1.02. The van der Waals surface area contributed by atoms with Crippen LogP contribution in [0.5, 0.6) is 0 Å². The number of halogens is 3. The number of nitrogens with zero attached hydrogens (tertiary/aromatic N) is 2. The Morgan fingerprint density at radius 1 is 1.08 bits per heavy atom. The van der Waals surface area contributed by atoms with Gasteiger partial charge in [0.2, 0.25) is 0 Å². The van der Waals surface area contributed by atoms with Gasteiger partial charge in [-0.2, -0.15) is 0 Å². The molecule has 0 saturated carbocycles. The van der Waals surface area contributed by atoms with E-state index in [1.165, 1.54) is 18.2 Å². The van der Waals surface area contributed by atoms with Gasteiger partial charge in [0.05, 0.1) is 18.3 Å². The predicted octanol–water partition coefficient (Wildman–Crippen LogP) is 3.91. The van der Waals surface area contributed by atoms with Crippen molar-refractivity contribution in [1.29, 1.82) is 0 Å². The predicted molar refractivity (Wildman–Crippen MR) is 87.1 cm³/mol. The Bertz CT molecular complexity index is 793. The summed E-state index contributed by atoms with van der Waals surface area (Å²) in [7, 11) is 0. The van der Waals surface area contributed by atoms with Crippen molar-refractivity contribution in [3.63, 3.8) is 0 Å². The fourth-order valence-electron chi connectivity index (χ4n) is 3.32. The fourth-order valence-corrected chi connectivity index (χ4v) is 3.32. The lowest BCUT2D eigenvalue weighted by molar-refractivity contribution is 0.582. The van der Waals surface area contributed by atoms with Crippen LogP contribution >= 0.6 is 0 Å². The zero-order valence-corrected chi connectivity index (χ0v) is 12.9. The first-order valence-electron chi connectivity index (χ1n) is 7.95. The number of hydrogen-bond donors (Lipinski definition) is 1. The van der Waals surface area contributed by atoms with Gasteiger partial charge in [-0.15, -0.1) is 0 Å². The Balaban J connectivity index is 1.83. The van der Waals surface area contributed by atoms with Gasteiger partial charge in [0.15, 0.2) is 0 Å². The molecule has 2 heterocycles. The summed E-state index contributed by atoms with van der Waals surface area (Å²) < 4.78 is 41.5. The fraction of sp³-hybridized carbons (Fsp3) is 0.278. The number of rotatable bonds is 2. The first-order chi connectivity index (χ1) is 11.6. The highest BCUT2D eigenvalue weighted by atomic mass is 19.1. The van der Waals surface area contributed by atoms with Gasteiger partial charge in [-0.25, -0.2) is 18.2 Å². The molecular formula is C18H16F3N3. The number of amidine groups is 1. The summed E-state index contributed by atoms with van der Waals surface area (Å²) in [5, 5.41) is 3.35. The van der Waals surface area contributed by atoms with E-state index in [2.05, 4.69) is 10.3 Å². The van der Waals surface area contributed by atoms with Crippen LogP contribution in [0.3, 0.4) is 0 Å². The van der Waals surface area contributed by atoms with Crippen LogP contribution in [-0.2, 0) is 6.54 Å². The van der Waals surface area contributed by atoms with Crippen LogP contribution in [0.15, 0.2) is 41.4 Å². The normalized spacial score (nSPS) is 20.0. The van der Waals surface area contributed by atoms with Crippen LogP contribution in [0.25, 0.3) is 0 Å². The van der Waals surface area contributed by atoms with Crippen molar-refractivity contribution < 1.29 is 13.2 Å². The molecule has 0 aromatic heterocycles. The standard InChI is InChI=1S/C18H16F3N3/c19-11-7-12(20)9-13(8-11)24-10-14-15(21)3-1-4-16(14)23-18(24)17-5-2-6-22-17/h1,3-4,7-9,17,22H,2,5-6,10H2/t17-/m0/s1. The quantitative estimate of drug-likeness (QED) is 0.904. The van der Waals surface area contributed by atoms with Crippen molar-refractivity contribution in [3.05, 3.63) is 59.4 Å². The van der Waals surface area contributed by atoms with E-state index in [9.17, 15) is 13.2 Å². The second-order valence-electron chi connectivity index (χ2n) is 6.07. The molecule has 0 radical (unpaired) electrons. The van der Waals surface area contributed by atoms with Crippen LogP contribution < -0.4 is 10.2 Å².